The van der Waals surface area contributed by atoms with E-state index in [4.69, 9.17) is 0 Å². The predicted octanol–water partition coefficient (Wildman–Crippen LogP) is 2.72. The van der Waals surface area contributed by atoms with Crippen molar-refractivity contribution < 1.29 is 13.2 Å². The van der Waals surface area contributed by atoms with Crippen LogP contribution in [-0.4, -0.2) is 35.6 Å². The molecule has 0 spiro atoms. The zero-order valence-corrected chi connectivity index (χ0v) is 14.4. The fourth-order valence-corrected chi connectivity index (χ4v) is 2.51. The lowest BCUT2D eigenvalue weighted by Gasteiger charge is -2.12. The van der Waals surface area contributed by atoms with Gasteiger partial charge in [0.2, 0.25) is 5.95 Å². The molecule has 0 aliphatic heterocycles. The van der Waals surface area contributed by atoms with Crippen LogP contribution in [0.1, 0.15) is 18.2 Å². The van der Waals surface area contributed by atoms with Gasteiger partial charge in [-0.15, -0.1) is 0 Å². The van der Waals surface area contributed by atoms with Crippen LogP contribution in [0.4, 0.5) is 19.1 Å². The smallest absolute Gasteiger partial charge is 0.357 e. The van der Waals surface area contributed by atoms with Gasteiger partial charge in [-0.1, -0.05) is 0 Å². The zero-order chi connectivity index (χ0) is 18.1. The van der Waals surface area contributed by atoms with Crippen LogP contribution in [0.2, 0.25) is 0 Å². The number of alkyl halides is 3. The van der Waals surface area contributed by atoms with E-state index >= 15 is 0 Å². The second-order valence-corrected chi connectivity index (χ2v) is 5.72. The molecule has 0 amide bonds. The first-order chi connectivity index (χ1) is 12.0. The normalized spacial score (nSPS) is 12.1. The van der Waals surface area contributed by atoms with Gasteiger partial charge in [-0.05, 0) is 35.4 Å². The Kier molecular flexibility index (Phi) is 6.99. The highest BCUT2D eigenvalue weighted by atomic mass is 32.1. The van der Waals surface area contributed by atoms with E-state index in [2.05, 4.69) is 30.9 Å². The first-order valence-corrected chi connectivity index (χ1v) is 8.60. The van der Waals surface area contributed by atoms with Gasteiger partial charge in [0.05, 0.1) is 6.54 Å². The second kappa shape index (κ2) is 9.21. The number of nitrogens with one attached hydrogen (secondary N) is 3. The molecule has 0 atom stereocenters. The molecule has 0 unspecified atom stereocenters. The molecule has 136 valence electrons. The zero-order valence-electron chi connectivity index (χ0n) is 13.6. The molecular weight excluding hydrogens is 353 g/mol. The van der Waals surface area contributed by atoms with Crippen LogP contribution in [0, 0.1) is 0 Å². The maximum absolute atomic E-state index is 12.6. The fraction of sp³-hybridized carbons (Fsp3) is 0.400. The van der Waals surface area contributed by atoms with Crippen molar-refractivity contribution in [3.8, 4) is 0 Å². The van der Waals surface area contributed by atoms with Gasteiger partial charge in [0, 0.05) is 25.8 Å². The Bertz CT molecular complexity index is 672. The van der Waals surface area contributed by atoms with Crippen LogP contribution in [0.5, 0.6) is 0 Å². The Morgan fingerprint density at radius 3 is 2.76 bits per heavy atom. The van der Waals surface area contributed by atoms with Gasteiger partial charge in [-0.25, -0.2) is 15.0 Å². The van der Waals surface area contributed by atoms with Crippen LogP contribution in [0.25, 0.3) is 0 Å². The lowest BCUT2D eigenvalue weighted by atomic mass is 10.3. The minimum absolute atomic E-state index is 0.0585. The van der Waals surface area contributed by atoms with Crippen molar-refractivity contribution in [3.05, 3.63) is 40.3 Å². The van der Waals surface area contributed by atoms with Crippen molar-refractivity contribution in [1.82, 2.24) is 20.6 Å². The molecule has 2 aromatic rings. The molecule has 2 aromatic heterocycles. The van der Waals surface area contributed by atoms with E-state index < -0.39 is 11.9 Å². The molecule has 2 rings (SSSR count). The van der Waals surface area contributed by atoms with Gasteiger partial charge in [-0.2, -0.15) is 24.5 Å². The third-order valence-corrected chi connectivity index (χ3v) is 3.72. The summed E-state index contributed by atoms with van der Waals surface area (Å²) in [7, 11) is 0. The molecule has 0 radical (unpaired) electrons. The first kappa shape index (κ1) is 19.0. The van der Waals surface area contributed by atoms with Crippen molar-refractivity contribution in [3.63, 3.8) is 0 Å². The molecule has 0 bridgehead atoms. The largest absolute Gasteiger partial charge is 0.433 e. The van der Waals surface area contributed by atoms with E-state index in [0.717, 1.165) is 17.8 Å². The van der Waals surface area contributed by atoms with Crippen molar-refractivity contribution >= 4 is 23.2 Å². The Labute approximate surface area is 147 Å². The van der Waals surface area contributed by atoms with Crippen molar-refractivity contribution in [2.75, 3.05) is 25.0 Å². The Balaban J connectivity index is 1.81. The minimum atomic E-state index is -4.48. The van der Waals surface area contributed by atoms with Crippen LogP contribution in [0.15, 0.2) is 34.1 Å². The number of rotatable bonds is 7. The van der Waals surface area contributed by atoms with Crippen molar-refractivity contribution in [2.45, 2.75) is 19.6 Å². The summed E-state index contributed by atoms with van der Waals surface area (Å²) in [6, 6.07) is 2.84. The molecule has 0 aromatic carbocycles. The van der Waals surface area contributed by atoms with E-state index in [1.807, 2.05) is 23.8 Å². The number of guanidine groups is 1. The molecule has 0 aliphatic rings. The lowest BCUT2D eigenvalue weighted by Crippen LogP contribution is -2.39. The number of nitrogens with zero attached hydrogens (tertiary/aromatic N) is 3. The third kappa shape index (κ3) is 6.57. The average Bonchev–Trinajstić information content (AvgIpc) is 3.09. The maximum Gasteiger partial charge on any atom is 0.433 e. The number of aromatic nitrogens is 2. The fourth-order valence-electron chi connectivity index (χ4n) is 1.85. The van der Waals surface area contributed by atoms with Crippen molar-refractivity contribution in [2.24, 2.45) is 4.99 Å². The summed E-state index contributed by atoms with van der Waals surface area (Å²) >= 11 is 1.61. The van der Waals surface area contributed by atoms with E-state index in [9.17, 15) is 13.2 Å². The molecule has 10 heteroatoms. The van der Waals surface area contributed by atoms with Gasteiger partial charge in [0.15, 0.2) is 5.96 Å². The van der Waals surface area contributed by atoms with Gasteiger partial charge in [0.25, 0.3) is 0 Å². The summed E-state index contributed by atoms with van der Waals surface area (Å²) < 4.78 is 37.8. The van der Waals surface area contributed by atoms with Crippen LogP contribution in [0.3, 0.4) is 0 Å². The molecule has 3 N–H and O–H groups in total. The Hall–Kier alpha value is -2.36. The summed E-state index contributed by atoms with van der Waals surface area (Å²) in [5, 5.41) is 13.0. The maximum atomic E-state index is 12.6. The van der Waals surface area contributed by atoms with Crippen LogP contribution < -0.4 is 16.0 Å². The predicted molar refractivity (Wildman–Crippen MR) is 92.7 cm³/mol. The number of halogens is 3. The number of thiophene rings is 1. The van der Waals surface area contributed by atoms with E-state index in [0.29, 0.717) is 32.1 Å². The van der Waals surface area contributed by atoms with Crippen LogP contribution >= 0.6 is 11.3 Å². The van der Waals surface area contributed by atoms with Crippen LogP contribution in [-0.2, 0) is 12.7 Å². The quantitative estimate of drug-likeness (QED) is 0.396. The van der Waals surface area contributed by atoms with E-state index in [-0.39, 0.29) is 5.95 Å². The number of hydrogen-bond donors (Lipinski definition) is 3. The highest BCUT2D eigenvalue weighted by Crippen LogP contribution is 2.27. The summed E-state index contributed by atoms with van der Waals surface area (Å²) in [5.74, 6) is 0.581. The third-order valence-electron chi connectivity index (χ3n) is 2.99. The molecule has 0 fully saturated rings. The first-order valence-electron chi connectivity index (χ1n) is 7.66. The highest BCUT2D eigenvalue weighted by molar-refractivity contribution is 7.07. The summed E-state index contributed by atoms with van der Waals surface area (Å²) in [4.78, 5) is 11.7. The summed E-state index contributed by atoms with van der Waals surface area (Å²) in [5.41, 5.74) is 0.154. The molecule has 0 aliphatic carbocycles. The number of aliphatic imine (C=N–C) groups is 1. The van der Waals surface area contributed by atoms with E-state index in [1.54, 1.807) is 11.3 Å². The molecule has 6 nitrogen and oxygen atoms in total. The molecular formula is C15H19F3N6S. The SMILES string of the molecule is CCNC(=NCc1ccsc1)NCCNc1nccc(C(F)(F)F)n1. The molecule has 0 saturated carbocycles. The molecule has 0 saturated heterocycles. The standard InChI is InChI=1S/C15H19F3N6S/c1-2-19-13(23-9-11-4-8-25-10-11)21-6-7-22-14-20-5-3-12(24-14)15(16,17)18/h3-5,8,10H,2,6-7,9H2,1H3,(H2,19,21,23)(H,20,22,24). The lowest BCUT2D eigenvalue weighted by molar-refractivity contribution is -0.141. The number of hydrogen-bond acceptors (Lipinski definition) is 5. The summed E-state index contributed by atoms with van der Waals surface area (Å²) in [6.45, 7) is 4.03. The second-order valence-electron chi connectivity index (χ2n) is 4.94. The molecule has 2 heterocycles. The number of anilines is 1. The monoisotopic (exact) mass is 372 g/mol. The van der Waals surface area contributed by atoms with Gasteiger partial charge < -0.3 is 16.0 Å². The topological polar surface area (TPSA) is 74.2 Å². The molecule has 25 heavy (non-hydrogen) atoms. The van der Waals surface area contributed by atoms with Gasteiger partial charge in [-0.3, -0.25) is 0 Å². The minimum Gasteiger partial charge on any atom is -0.357 e. The summed E-state index contributed by atoms with van der Waals surface area (Å²) in [6.07, 6.45) is -3.40. The van der Waals surface area contributed by atoms with Crippen molar-refractivity contribution in [1.29, 1.82) is 0 Å². The Morgan fingerprint density at radius 1 is 1.24 bits per heavy atom. The Morgan fingerprint density at radius 2 is 2.08 bits per heavy atom. The highest BCUT2D eigenvalue weighted by Gasteiger charge is 2.32. The van der Waals surface area contributed by atoms with Gasteiger partial charge >= 0.3 is 6.18 Å². The average molecular weight is 372 g/mol. The van der Waals surface area contributed by atoms with Gasteiger partial charge in [0.1, 0.15) is 5.69 Å². The van der Waals surface area contributed by atoms with E-state index in [1.165, 1.54) is 0 Å².